The van der Waals surface area contributed by atoms with Crippen molar-refractivity contribution >= 4 is 27.8 Å². The molecule has 0 aliphatic heterocycles. The lowest BCUT2D eigenvalue weighted by molar-refractivity contribution is -0.145. The molecule has 1 amide bonds. The smallest absolute Gasteiger partial charge is 0.306 e. The highest BCUT2D eigenvalue weighted by atomic mass is 79.9. The van der Waals surface area contributed by atoms with Gasteiger partial charge < -0.3 is 10.4 Å². The Labute approximate surface area is 114 Å². The zero-order valence-electron chi connectivity index (χ0n) is 9.94. The average molecular weight is 312 g/mol. The summed E-state index contributed by atoms with van der Waals surface area (Å²) in [7, 11) is 0. The van der Waals surface area contributed by atoms with Crippen LogP contribution in [0, 0.1) is 12.8 Å². The van der Waals surface area contributed by atoms with Crippen molar-refractivity contribution in [2.75, 3.05) is 0 Å². The van der Waals surface area contributed by atoms with Crippen LogP contribution in [-0.4, -0.2) is 23.0 Å². The van der Waals surface area contributed by atoms with E-state index in [0.717, 1.165) is 10.0 Å². The Kier molecular flexibility index (Phi) is 3.71. The van der Waals surface area contributed by atoms with E-state index in [4.69, 9.17) is 5.11 Å². The van der Waals surface area contributed by atoms with E-state index in [0.29, 0.717) is 18.4 Å². The molecule has 18 heavy (non-hydrogen) atoms. The number of rotatable bonds is 3. The van der Waals surface area contributed by atoms with Gasteiger partial charge in [-0.3, -0.25) is 9.59 Å². The number of nitrogens with one attached hydrogen (secondary N) is 1. The Morgan fingerprint density at radius 3 is 2.67 bits per heavy atom. The van der Waals surface area contributed by atoms with Crippen LogP contribution in [0.2, 0.25) is 0 Å². The molecule has 5 heteroatoms. The first-order chi connectivity index (χ1) is 8.49. The standard InChI is InChI=1S/C13H14BrNO3/c1-7-10(3-2-4-11(7)14)12(16)15-9-5-8(6-9)13(17)18/h2-4,8-9H,5-6H2,1H3,(H,15,16)(H,17,18). The van der Waals surface area contributed by atoms with Crippen molar-refractivity contribution in [3.63, 3.8) is 0 Å². The molecule has 0 aromatic heterocycles. The number of hydrogen-bond acceptors (Lipinski definition) is 2. The molecule has 1 aliphatic carbocycles. The number of carbonyl (C=O) groups excluding carboxylic acids is 1. The molecular formula is C13H14BrNO3. The van der Waals surface area contributed by atoms with E-state index >= 15 is 0 Å². The molecule has 0 radical (unpaired) electrons. The van der Waals surface area contributed by atoms with Crippen molar-refractivity contribution in [2.24, 2.45) is 5.92 Å². The molecule has 0 heterocycles. The van der Waals surface area contributed by atoms with E-state index in [9.17, 15) is 9.59 Å². The first kappa shape index (κ1) is 13.1. The first-order valence-electron chi connectivity index (χ1n) is 5.78. The molecule has 1 aliphatic rings. The van der Waals surface area contributed by atoms with Gasteiger partial charge in [0.15, 0.2) is 0 Å². The highest BCUT2D eigenvalue weighted by Gasteiger charge is 2.35. The number of benzene rings is 1. The lowest BCUT2D eigenvalue weighted by Crippen LogP contribution is -2.46. The number of aliphatic carboxylic acids is 1. The van der Waals surface area contributed by atoms with Gasteiger partial charge in [0, 0.05) is 16.1 Å². The Morgan fingerprint density at radius 2 is 2.06 bits per heavy atom. The maximum atomic E-state index is 12.0. The summed E-state index contributed by atoms with van der Waals surface area (Å²) in [5, 5.41) is 11.6. The van der Waals surface area contributed by atoms with Crippen LogP contribution in [-0.2, 0) is 4.79 Å². The molecule has 2 N–H and O–H groups in total. The van der Waals surface area contributed by atoms with Gasteiger partial charge in [0.25, 0.3) is 5.91 Å². The molecule has 2 rings (SSSR count). The quantitative estimate of drug-likeness (QED) is 0.900. The van der Waals surface area contributed by atoms with Crippen LogP contribution in [0.25, 0.3) is 0 Å². The van der Waals surface area contributed by atoms with Crippen LogP contribution in [0.4, 0.5) is 0 Å². The second kappa shape index (κ2) is 5.10. The SMILES string of the molecule is Cc1c(Br)cccc1C(=O)NC1CC(C(=O)O)C1. The largest absolute Gasteiger partial charge is 0.481 e. The Morgan fingerprint density at radius 1 is 1.39 bits per heavy atom. The number of carboxylic acids is 1. The third-order valence-corrected chi connectivity index (χ3v) is 4.19. The molecule has 0 spiro atoms. The fourth-order valence-corrected chi connectivity index (χ4v) is 2.42. The van der Waals surface area contributed by atoms with Gasteiger partial charge in [-0.15, -0.1) is 0 Å². The van der Waals surface area contributed by atoms with E-state index in [-0.39, 0.29) is 17.9 Å². The van der Waals surface area contributed by atoms with Crippen LogP contribution in [0.5, 0.6) is 0 Å². The summed E-state index contributed by atoms with van der Waals surface area (Å²) in [6.07, 6.45) is 1.04. The van der Waals surface area contributed by atoms with E-state index in [1.165, 1.54) is 0 Å². The Hall–Kier alpha value is -1.36. The van der Waals surface area contributed by atoms with Crippen LogP contribution in [0.15, 0.2) is 22.7 Å². The van der Waals surface area contributed by atoms with Crippen molar-refractivity contribution in [2.45, 2.75) is 25.8 Å². The van der Waals surface area contributed by atoms with Crippen LogP contribution in [0.1, 0.15) is 28.8 Å². The normalized spacial score (nSPS) is 22.1. The summed E-state index contributed by atoms with van der Waals surface area (Å²) >= 11 is 3.38. The van der Waals surface area contributed by atoms with E-state index in [1.807, 2.05) is 19.1 Å². The average Bonchev–Trinajstić information content (AvgIpc) is 2.25. The lowest BCUT2D eigenvalue weighted by atomic mass is 9.80. The molecule has 1 fully saturated rings. The van der Waals surface area contributed by atoms with Crippen LogP contribution in [0.3, 0.4) is 0 Å². The summed E-state index contributed by atoms with van der Waals surface area (Å²) in [6.45, 7) is 1.87. The second-order valence-corrected chi connectivity index (χ2v) is 5.44. The minimum absolute atomic E-state index is 0.0167. The third-order valence-electron chi connectivity index (χ3n) is 3.33. The van der Waals surface area contributed by atoms with Gasteiger partial charge in [0.2, 0.25) is 0 Å². The Balaban J connectivity index is 1.97. The minimum Gasteiger partial charge on any atom is -0.481 e. The monoisotopic (exact) mass is 311 g/mol. The predicted molar refractivity (Wildman–Crippen MR) is 70.5 cm³/mol. The fraction of sp³-hybridized carbons (Fsp3) is 0.385. The summed E-state index contributed by atoms with van der Waals surface area (Å²) in [6, 6.07) is 5.45. The zero-order chi connectivity index (χ0) is 13.3. The molecule has 1 aromatic rings. The maximum absolute atomic E-state index is 12.0. The number of carboxylic acid groups (broad SMARTS) is 1. The number of amides is 1. The van der Waals surface area contributed by atoms with Gasteiger partial charge in [-0.2, -0.15) is 0 Å². The van der Waals surface area contributed by atoms with Gasteiger partial charge in [-0.05, 0) is 37.5 Å². The molecule has 1 aromatic carbocycles. The second-order valence-electron chi connectivity index (χ2n) is 4.59. The van der Waals surface area contributed by atoms with Gasteiger partial charge >= 0.3 is 5.97 Å². The van der Waals surface area contributed by atoms with Gasteiger partial charge in [-0.25, -0.2) is 0 Å². The van der Waals surface area contributed by atoms with Crippen molar-refractivity contribution < 1.29 is 14.7 Å². The summed E-state index contributed by atoms with van der Waals surface area (Å²) in [5.74, 6) is -1.22. The van der Waals surface area contributed by atoms with E-state index in [1.54, 1.807) is 6.07 Å². The zero-order valence-corrected chi connectivity index (χ0v) is 11.5. The summed E-state index contributed by atoms with van der Waals surface area (Å²) < 4.78 is 0.896. The first-order valence-corrected chi connectivity index (χ1v) is 6.57. The van der Waals surface area contributed by atoms with Crippen LogP contribution < -0.4 is 5.32 Å². The molecule has 96 valence electrons. The topological polar surface area (TPSA) is 66.4 Å². The third kappa shape index (κ3) is 2.56. The molecular weight excluding hydrogens is 298 g/mol. The van der Waals surface area contributed by atoms with E-state index < -0.39 is 5.97 Å². The van der Waals surface area contributed by atoms with Crippen molar-refractivity contribution in [1.29, 1.82) is 0 Å². The highest BCUT2D eigenvalue weighted by Crippen LogP contribution is 2.28. The molecule has 0 atom stereocenters. The Bertz CT molecular complexity index is 495. The number of halogens is 1. The summed E-state index contributed by atoms with van der Waals surface area (Å²) in [5.41, 5.74) is 1.52. The van der Waals surface area contributed by atoms with Crippen molar-refractivity contribution in [1.82, 2.24) is 5.32 Å². The van der Waals surface area contributed by atoms with E-state index in [2.05, 4.69) is 21.2 Å². The highest BCUT2D eigenvalue weighted by molar-refractivity contribution is 9.10. The minimum atomic E-state index is -0.779. The van der Waals surface area contributed by atoms with Crippen molar-refractivity contribution in [3.8, 4) is 0 Å². The van der Waals surface area contributed by atoms with Crippen LogP contribution >= 0.6 is 15.9 Å². The molecule has 0 bridgehead atoms. The van der Waals surface area contributed by atoms with Gasteiger partial charge in [-0.1, -0.05) is 22.0 Å². The lowest BCUT2D eigenvalue weighted by Gasteiger charge is -2.33. The maximum Gasteiger partial charge on any atom is 0.306 e. The molecule has 0 saturated heterocycles. The predicted octanol–water partition coefficient (Wildman–Crippen LogP) is 2.35. The number of hydrogen-bond donors (Lipinski definition) is 2. The van der Waals surface area contributed by atoms with Crippen molar-refractivity contribution in [3.05, 3.63) is 33.8 Å². The molecule has 1 saturated carbocycles. The fourth-order valence-electron chi connectivity index (χ4n) is 2.05. The van der Waals surface area contributed by atoms with Gasteiger partial charge in [0.05, 0.1) is 5.92 Å². The summed E-state index contributed by atoms with van der Waals surface area (Å²) in [4.78, 5) is 22.7. The molecule has 0 unspecified atom stereocenters. The van der Waals surface area contributed by atoms with Gasteiger partial charge in [0.1, 0.15) is 0 Å². The molecule has 4 nitrogen and oxygen atoms in total. The number of carbonyl (C=O) groups is 2.